The lowest BCUT2D eigenvalue weighted by Crippen LogP contribution is -2.29. The van der Waals surface area contributed by atoms with Gasteiger partial charge >= 0.3 is 0 Å². The summed E-state index contributed by atoms with van der Waals surface area (Å²) in [4.78, 5) is 14.7. The fourth-order valence-electron chi connectivity index (χ4n) is 3.53. The van der Waals surface area contributed by atoms with Crippen molar-refractivity contribution in [2.45, 2.75) is 49.0 Å². The molecule has 1 saturated heterocycles. The number of aryl methyl sites for hydroxylation is 1. The minimum absolute atomic E-state index is 0.132. The topological polar surface area (TPSA) is 85.2 Å². The van der Waals surface area contributed by atoms with Gasteiger partial charge in [-0.05, 0) is 43.4 Å². The Balaban J connectivity index is 1.29. The van der Waals surface area contributed by atoms with E-state index in [0.29, 0.717) is 30.2 Å². The molecule has 0 radical (unpaired) electrons. The van der Waals surface area contributed by atoms with E-state index in [9.17, 15) is 13.2 Å². The first-order valence-corrected chi connectivity index (χ1v) is 11.3. The molecule has 1 saturated carbocycles. The van der Waals surface area contributed by atoms with Crippen LogP contribution in [0.1, 0.15) is 48.9 Å². The highest BCUT2D eigenvalue weighted by Crippen LogP contribution is 2.39. The highest BCUT2D eigenvalue weighted by atomic mass is 32.2. The van der Waals surface area contributed by atoms with Gasteiger partial charge in [-0.25, -0.2) is 13.1 Å². The molecular weight excluding hydrogens is 364 g/mol. The molecule has 2 aromatic rings. The SMILES string of the molecule is CS(=O)(=O)c1ccc(CCC(=O)N2CCC(n3cc(C4CC4)nn3)C2)cc1. The van der Waals surface area contributed by atoms with E-state index in [-0.39, 0.29) is 11.9 Å². The lowest BCUT2D eigenvalue weighted by atomic mass is 10.1. The Morgan fingerprint density at radius 2 is 1.93 bits per heavy atom. The second-order valence-electron chi connectivity index (χ2n) is 7.60. The van der Waals surface area contributed by atoms with Crippen LogP contribution in [0.15, 0.2) is 35.4 Å². The number of rotatable bonds is 6. The summed E-state index contributed by atoms with van der Waals surface area (Å²) in [5.41, 5.74) is 2.05. The molecule has 2 aliphatic rings. The first-order chi connectivity index (χ1) is 12.9. The molecule has 1 atom stereocenters. The number of aromatic nitrogens is 3. The molecule has 2 fully saturated rings. The average molecular weight is 388 g/mol. The van der Waals surface area contributed by atoms with Crippen LogP contribution in [-0.2, 0) is 21.1 Å². The Kier molecular flexibility index (Phi) is 4.75. The molecule has 0 spiro atoms. The summed E-state index contributed by atoms with van der Waals surface area (Å²) in [5, 5.41) is 8.51. The van der Waals surface area contributed by atoms with Crippen LogP contribution in [0.2, 0.25) is 0 Å². The summed E-state index contributed by atoms with van der Waals surface area (Å²) in [6, 6.07) is 6.98. The van der Waals surface area contributed by atoms with Gasteiger partial charge in [0.1, 0.15) is 0 Å². The van der Waals surface area contributed by atoms with Gasteiger partial charge in [-0.3, -0.25) is 4.79 Å². The number of amides is 1. The van der Waals surface area contributed by atoms with E-state index < -0.39 is 9.84 Å². The van der Waals surface area contributed by atoms with Crippen LogP contribution < -0.4 is 0 Å². The number of likely N-dealkylation sites (tertiary alicyclic amines) is 1. The molecule has 2 heterocycles. The van der Waals surface area contributed by atoms with Crippen LogP contribution in [0.25, 0.3) is 0 Å². The number of nitrogens with zero attached hydrogens (tertiary/aromatic N) is 4. The van der Waals surface area contributed by atoms with Gasteiger partial charge in [0.2, 0.25) is 5.91 Å². The summed E-state index contributed by atoms with van der Waals surface area (Å²) in [6.07, 6.45) is 7.59. The summed E-state index contributed by atoms with van der Waals surface area (Å²) in [7, 11) is -3.18. The minimum atomic E-state index is -3.18. The van der Waals surface area contributed by atoms with E-state index in [1.807, 2.05) is 15.8 Å². The number of carbonyl (C=O) groups excluding carboxylic acids is 1. The van der Waals surface area contributed by atoms with Gasteiger partial charge in [-0.1, -0.05) is 17.3 Å². The monoisotopic (exact) mass is 388 g/mol. The van der Waals surface area contributed by atoms with Crippen molar-refractivity contribution < 1.29 is 13.2 Å². The van der Waals surface area contributed by atoms with E-state index in [1.54, 1.807) is 24.3 Å². The zero-order valence-electron chi connectivity index (χ0n) is 15.4. The maximum absolute atomic E-state index is 12.5. The normalized spacial score (nSPS) is 20.2. The van der Waals surface area contributed by atoms with E-state index in [2.05, 4.69) is 10.3 Å². The molecule has 1 aromatic carbocycles. The van der Waals surface area contributed by atoms with Crippen molar-refractivity contribution in [3.05, 3.63) is 41.7 Å². The third-order valence-electron chi connectivity index (χ3n) is 5.39. The zero-order valence-corrected chi connectivity index (χ0v) is 16.2. The van der Waals surface area contributed by atoms with Gasteiger partial charge in [-0.2, -0.15) is 0 Å². The lowest BCUT2D eigenvalue weighted by Gasteiger charge is -2.16. The Morgan fingerprint density at radius 3 is 2.59 bits per heavy atom. The van der Waals surface area contributed by atoms with Crippen LogP contribution in [0.3, 0.4) is 0 Å². The largest absolute Gasteiger partial charge is 0.340 e. The van der Waals surface area contributed by atoms with Crippen molar-refractivity contribution in [2.75, 3.05) is 19.3 Å². The Hall–Kier alpha value is -2.22. The first-order valence-electron chi connectivity index (χ1n) is 9.38. The van der Waals surface area contributed by atoms with Crippen LogP contribution in [0.5, 0.6) is 0 Å². The van der Waals surface area contributed by atoms with Crippen LogP contribution >= 0.6 is 0 Å². The van der Waals surface area contributed by atoms with Crippen LogP contribution in [-0.4, -0.2) is 53.6 Å². The first kappa shape index (κ1) is 18.2. The second-order valence-corrected chi connectivity index (χ2v) is 9.61. The smallest absolute Gasteiger partial charge is 0.222 e. The van der Waals surface area contributed by atoms with Crippen LogP contribution in [0.4, 0.5) is 0 Å². The van der Waals surface area contributed by atoms with Gasteiger partial charge in [-0.15, -0.1) is 5.10 Å². The molecule has 27 heavy (non-hydrogen) atoms. The van der Waals surface area contributed by atoms with Crippen molar-refractivity contribution in [3.8, 4) is 0 Å². The maximum Gasteiger partial charge on any atom is 0.222 e. The predicted molar refractivity (Wildman–Crippen MR) is 100 cm³/mol. The molecule has 1 amide bonds. The highest BCUT2D eigenvalue weighted by Gasteiger charge is 2.31. The molecular formula is C19H24N4O3S. The van der Waals surface area contributed by atoms with E-state index in [0.717, 1.165) is 24.2 Å². The number of sulfone groups is 1. The van der Waals surface area contributed by atoms with Crippen LogP contribution in [0, 0.1) is 0 Å². The standard InChI is InChI=1S/C19H24N4O3S/c1-27(25,26)17-7-2-14(3-8-17)4-9-19(24)22-11-10-16(12-22)23-13-18(20-21-23)15-5-6-15/h2-3,7-8,13,15-16H,4-6,9-12H2,1H3. The Morgan fingerprint density at radius 1 is 1.19 bits per heavy atom. The van der Waals surface area contributed by atoms with Crippen molar-refractivity contribution >= 4 is 15.7 Å². The van der Waals surface area contributed by atoms with Crippen molar-refractivity contribution in [3.63, 3.8) is 0 Å². The summed E-state index contributed by atoms with van der Waals surface area (Å²) in [5.74, 6) is 0.721. The Bertz CT molecular complexity index is 932. The Labute approximate surface area is 159 Å². The lowest BCUT2D eigenvalue weighted by molar-refractivity contribution is -0.130. The molecule has 4 rings (SSSR count). The molecule has 0 bridgehead atoms. The minimum Gasteiger partial charge on any atom is -0.340 e. The average Bonchev–Trinajstić information content (AvgIpc) is 3.18. The third-order valence-corrected chi connectivity index (χ3v) is 6.52. The highest BCUT2D eigenvalue weighted by molar-refractivity contribution is 7.90. The van der Waals surface area contributed by atoms with Gasteiger partial charge < -0.3 is 4.90 Å². The molecule has 0 N–H and O–H groups in total. The fraction of sp³-hybridized carbons (Fsp3) is 0.526. The second kappa shape index (κ2) is 7.07. The molecule has 1 aliphatic heterocycles. The number of carbonyl (C=O) groups is 1. The molecule has 1 unspecified atom stereocenters. The van der Waals surface area contributed by atoms with Crippen molar-refractivity contribution in [2.24, 2.45) is 0 Å². The summed E-state index contributed by atoms with van der Waals surface area (Å²) < 4.78 is 24.9. The molecule has 144 valence electrons. The number of hydrogen-bond donors (Lipinski definition) is 0. The molecule has 8 heteroatoms. The van der Waals surface area contributed by atoms with Crippen molar-refractivity contribution in [1.82, 2.24) is 19.9 Å². The third kappa shape index (κ3) is 4.21. The quantitative estimate of drug-likeness (QED) is 0.755. The van der Waals surface area contributed by atoms with Gasteiger partial charge in [0, 0.05) is 37.9 Å². The molecule has 1 aliphatic carbocycles. The van der Waals surface area contributed by atoms with E-state index in [4.69, 9.17) is 0 Å². The number of benzene rings is 1. The van der Waals surface area contributed by atoms with Gasteiger partial charge in [0.05, 0.1) is 16.6 Å². The summed E-state index contributed by atoms with van der Waals surface area (Å²) in [6.45, 7) is 1.43. The van der Waals surface area contributed by atoms with Crippen molar-refractivity contribution in [1.29, 1.82) is 0 Å². The predicted octanol–water partition coefficient (Wildman–Crippen LogP) is 1.97. The zero-order chi connectivity index (χ0) is 19.0. The number of hydrogen-bond acceptors (Lipinski definition) is 5. The molecule has 1 aromatic heterocycles. The van der Waals surface area contributed by atoms with E-state index in [1.165, 1.54) is 19.1 Å². The van der Waals surface area contributed by atoms with E-state index >= 15 is 0 Å². The van der Waals surface area contributed by atoms with Gasteiger partial charge in [0.15, 0.2) is 9.84 Å². The van der Waals surface area contributed by atoms with Gasteiger partial charge in [0.25, 0.3) is 0 Å². The summed E-state index contributed by atoms with van der Waals surface area (Å²) >= 11 is 0. The fourth-order valence-corrected chi connectivity index (χ4v) is 4.16. The molecule has 7 nitrogen and oxygen atoms in total. The maximum atomic E-state index is 12.5.